The van der Waals surface area contributed by atoms with Crippen LogP contribution in [0.2, 0.25) is 0 Å². The van der Waals surface area contributed by atoms with Crippen LogP contribution in [0.4, 0.5) is 0 Å². The summed E-state index contributed by atoms with van der Waals surface area (Å²) >= 11 is 0. The van der Waals surface area contributed by atoms with Crippen LogP contribution in [0.5, 0.6) is 0 Å². The van der Waals surface area contributed by atoms with Gasteiger partial charge in [0.25, 0.3) is 0 Å². The lowest BCUT2D eigenvalue weighted by molar-refractivity contribution is 0.283. The van der Waals surface area contributed by atoms with Crippen molar-refractivity contribution in [3.63, 3.8) is 0 Å². The molecule has 0 saturated carbocycles. The van der Waals surface area contributed by atoms with Gasteiger partial charge in [-0.15, -0.1) is 9.24 Å². The molecule has 1 rings (SSSR count). The molecule has 9 heavy (non-hydrogen) atoms. The molecule has 0 aliphatic carbocycles. The van der Waals surface area contributed by atoms with Crippen LogP contribution in [0.25, 0.3) is 0 Å². The highest BCUT2D eigenvalue weighted by Gasteiger charge is 1.90. The second-order valence-corrected chi connectivity index (χ2v) is 2.48. The van der Waals surface area contributed by atoms with E-state index in [2.05, 4.69) is 9.24 Å². The monoisotopic (exact) mass is 140 g/mol. The fraction of sp³-hybridized carbons (Fsp3) is 0.143. The number of benzene rings is 1. The molecule has 0 aromatic heterocycles. The first-order valence-electron chi connectivity index (χ1n) is 2.79. The number of aliphatic hydroxyl groups is 1. The molecule has 0 bridgehead atoms. The molecule has 0 spiro atoms. The van der Waals surface area contributed by atoms with Crippen molar-refractivity contribution in [2.24, 2.45) is 0 Å². The molecule has 1 nitrogen and oxygen atoms in total. The fourth-order valence-corrected chi connectivity index (χ4v) is 0.977. The van der Waals surface area contributed by atoms with Crippen molar-refractivity contribution >= 4 is 14.5 Å². The molecular weight excluding hydrogens is 131 g/mol. The molecule has 0 heterocycles. The van der Waals surface area contributed by atoms with Crippen molar-refractivity contribution < 1.29 is 5.11 Å². The molecule has 1 atom stereocenters. The average Bonchev–Trinajstić information content (AvgIpc) is 1.89. The van der Waals surface area contributed by atoms with Crippen LogP contribution in [-0.4, -0.2) is 5.11 Å². The van der Waals surface area contributed by atoms with E-state index in [0.717, 1.165) is 10.9 Å². The molecule has 0 radical (unpaired) electrons. The number of rotatable bonds is 1. The number of aliphatic hydroxyl groups excluding tert-OH is 1. The summed E-state index contributed by atoms with van der Waals surface area (Å²) in [7, 11) is 2.57. The Morgan fingerprint density at radius 3 is 2.44 bits per heavy atom. The largest absolute Gasteiger partial charge is 0.392 e. The smallest absolute Gasteiger partial charge is 0.0687 e. The maximum absolute atomic E-state index is 8.71. The molecule has 48 valence electrons. The first kappa shape index (κ1) is 6.73. The van der Waals surface area contributed by atoms with E-state index < -0.39 is 0 Å². The summed E-state index contributed by atoms with van der Waals surface area (Å²) in [4.78, 5) is 0. The van der Waals surface area contributed by atoms with Crippen LogP contribution in [0.15, 0.2) is 24.3 Å². The normalized spacial score (nSPS) is 9.56. The van der Waals surface area contributed by atoms with Gasteiger partial charge in [0.15, 0.2) is 0 Å². The summed E-state index contributed by atoms with van der Waals surface area (Å²) in [6.45, 7) is 0.125. The van der Waals surface area contributed by atoms with Crippen molar-refractivity contribution in [3.05, 3.63) is 29.8 Å². The predicted octanol–water partition coefficient (Wildman–Crippen LogP) is 0.679. The molecule has 0 saturated heterocycles. The molecule has 2 heteroatoms. The highest BCUT2D eigenvalue weighted by Crippen LogP contribution is 1.98. The summed E-state index contributed by atoms with van der Waals surface area (Å²) in [6, 6.07) is 7.72. The highest BCUT2D eigenvalue weighted by molar-refractivity contribution is 7.27. The van der Waals surface area contributed by atoms with E-state index in [1.165, 1.54) is 0 Å². The molecule has 1 aromatic carbocycles. The Balaban J connectivity index is 3.01. The fourth-order valence-electron chi connectivity index (χ4n) is 0.678. The molecule has 0 aliphatic rings. The molecular formula is C7H9OP. The topological polar surface area (TPSA) is 20.2 Å². The van der Waals surface area contributed by atoms with Gasteiger partial charge in [0.2, 0.25) is 0 Å². The Labute approximate surface area is 56.9 Å². The van der Waals surface area contributed by atoms with Crippen molar-refractivity contribution in [2.45, 2.75) is 6.61 Å². The van der Waals surface area contributed by atoms with Crippen LogP contribution in [-0.2, 0) is 6.61 Å². The predicted molar refractivity (Wildman–Crippen MR) is 41.7 cm³/mol. The Morgan fingerprint density at radius 1 is 1.33 bits per heavy atom. The minimum absolute atomic E-state index is 0.125. The molecule has 0 aliphatic heterocycles. The lowest BCUT2D eigenvalue weighted by Crippen LogP contribution is -1.98. The van der Waals surface area contributed by atoms with Gasteiger partial charge < -0.3 is 5.11 Å². The van der Waals surface area contributed by atoms with E-state index in [0.29, 0.717) is 0 Å². The first-order chi connectivity index (χ1) is 4.34. The number of hydrogen-bond acceptors (Lipinski definition) is 1. The molecule has 0 amide bonds. The molecule has 1 aromatic rings. The lowest BCUT2D eigenvalue weighted by Gasteiger charge is -1.97. The molecule has 1 N–H and O–H groups in total. The minimum atomic E-state index is 0.125. The van der Waals surface area contributed by atoms with Crippen molar-refractivity contribution in [3.8, 4) is 0 Å². The molecule has 0 fully saturated rings. The quantitative estimate of drug-likeness (QED) is 0.569. The van der Waals surface area contributed by atoms with E-state index in [4.69, 9.17) is 5.11 Å². The van der Waals surface area contributed by atoms with Crippen LogP contribution in [0.3, 0.4) is 0 Å². The second-order valence-electron chi connectivity index (χ2n) is 1.86. The van der Waals surface area contributed by atoms with E-state index in [-0.39, 0.29) is 6.61 Å². The van der Waals surface area contributed by atoms with Crippen LogP contribution < -0.4 is 5.30 Å². The van der Waals surface area contributed by atoms with Gasteiger partial charge in [-0.3, -0.25) is 0 Å². The molecule has 1 unspecified atom stereocenters. The van der Waals surface area contributed by atoms with E-state index >= 15 is 0 Å². The van der Waals surface area contributed by atoms with Gasteiger partial charge in [0.05, 0.1) is 6.61 Å². The van der Waals surface area contributed by atoms with Gasteiger partial charge in [-0.25, -0.2) is 0 Å². The Morgan fingerprint density at radius 2 is 2.00 bits per heavy atom. The van der Waals surface area contributed by atoms with Gasteiger partial charge in [-0.05, 0) is 10.9 Å². The minimum Gasteiger partial charge on any atom is -0.392 e. The third-order valence-corrected chi connectivity index (χ3v) is 1.79. The van der Waals surface area contributed by atoms with Crippen molar-refractivity contribution in [1.29, 1.82) is 0 Å². The maximum atomic E-state index is 8.71. The standard InChI is InChI=1S/C7H9OP/c8-5-6-3-1-2-4-7(6)9/h1-4,8H,5,9H2. The van der Waals surface area contributed by atoms with Gasteiger partial charge >= 0.3 is 0 Å². The highest BCUT2D eigenvalue weighted by atomic mass is 31.0. The summed E-state index contributed by atoms with van der Waals surface area (Å²) in [5, 5.41) is 9.77. The number of hydrogen-bond donors (Lipinski definition) is 1. The zero-order chi connectivity index (χ0) is 6.69. The lowest BCUT2D eigenvalue weighted by atomic mass is 10.2. The van der Waals surface area contributed by atoms with E-state index in [1.807, 2.05) is 24.3 Å². The van der Waals surface area contributed by atoms with Crippen LogP contribution in [0, 0.1) is 0 Å². The summed E-state index contributed by atoms with van der Waals surface area (Å²) in [6.07, 6.45) is 0. The third-order valence-electron chi connectivity index (χ3n) is 1.23. The van der Waals surface area contributed by atoms with Crippen LogP contribution >= 0.6 is 9.24 Å². The maximum Gasteiger partial charge on any atom is 0.0687 e. The third kappa shape index (κ3) is 1.51. The zero-order valence-corrected chi connectivity index (χ0v) is 6.20. The summed E-state index contributed by atoms with van der Waals surface area (Å²) < 4.78 is 0. The first-order valence-corrected chi connectivity index (χ1v) is 3.36. The van der Waals surface area contributed by atoms with Gasteiger partial charge in [0.1, 0.15) is 0 Å². The van der Waals surface area contributed by atoms with Crippen LogP contribution in [0.1, 0.15) is 5.56 Å². The second kappa shape index (κ2) is 2.95. The Bertz CT molecular complexity index is 198. The zero-order valence-electron chi connectivity index (χ0n) is 5.04. The van der Waals surface area contributed by atoms with Crippen molar-refractivity contribution in [2.75, 3.05) is 0 Å². The summed E-state index contributed by atoms with van der Waals surface area (Å²) in [5.41, 5.74) is 0.975. The summed E-state index contributed by atoms with van der Waals surface area (Å²) in [5.74, 6) is 0. The SMILES string of the molecule is OCc1ccccc1P. The average molecular weight is 140 g/mol. The van der Waals surface area contributed by atoms with E-state index in [1.54, 1.807) is 0 Å². The van der Waals surface area contributed by atoms with Gasteiger partial charge in [-0.2, -0.15) is 0 Å². The Hall–Kier alpha value is -0.390. The van der Waals surface area contributed by atoms with Gasteiger partial charge in [-0.1, -0.05) is 24.3 Å². The van der Waals surface area contributed by atoms with Gasteiger partial charge in [0, 0.05) is 0 Å². The Kier molecular flexibility index (Phi) is 2.21. The van der Waals surface area contributed by atoms with Crippen molar-refractivity contribution in [1.82, 2.24) is 0 Å². The van der Waals surface area contributed by atoms with E-state index in [9.17, 15) is 0 Å².